The second-order valence-corrected chi connectivity index (χ2v) is 7.08. The minimum Gasteiger partial charge on any atom is -0.478 e. The molecule has 142 valence electrons. The molecule has 26 heavy (non-hydrogen) atoms. The Balaban J connectivity index is 1.70. The van der Waals surface area contributed by atoms with Gasteiger partial charge in [-0.25, -0.2) is 9.59 Å². The fourth-order valence-electron chi connectivity index (χ4n) is 2.94. The van der Waals surface area contributed by atoms with E-state index in [4.69, 9.17) is 5.11 Å². The van der Waals surface area contributed by atoms with Crippen molar-refractivity contribution in [3.05, 3.63) is 35.4 Å². The zero-order valence-electron chi connectivity index (χ0n) is 15.3. The summed E-state index contributed by atoms with van der Waals surface area (Å²) in [6, 6.07) is 6.21. The van der Waals surface area contributed by atoms with E-state index in [1.165, 1.54) is 12.1 Å². The molecule has 1 fully saturated rings. The second-order valence-electron chi connectivity index (χ2n) is 7.08. The van der Waals surface area contributed by atoms with Crippen molar-refractivity contribution < 1.29 is 19.5 Å². The van der Waals surface area contributed by atoms with Crippen LogP contribution in [0, 0.1) is 5.92 Å². The molecule has 1 aromatic carbocycles. The zero-order chi connectivity index (χ0) is 19.1. The van der Waals surface area contributed by atoms with Crippen molar-refractivity contribution in [3.63, 3.8) is 0 Å². The van der Waals surface area contributed by atoms with Crippen LogP contribution in [0.25, 0.3) is 0 Å². The van der Waals surface area contributed by atoms with Crippen LogP contribution in [0.5, 0.6) is 0 Å². The number of rotatable bonds is 6. The molecule has 0 spiro atoms. The van der Waals surface area contributed by atoms with E-state index in [-0.39, 0.29) is 23.5 Å². The van der Waals surface area contributed by atoms with Gasteiger partial charge in [0.2, 0.25) is 5.91 Å². The van der Waals surface area contributed by atoms with E-state index in [1.807, 2.05) is 18.7 Å². The lowest BCUT2D eigenvalue weighted by Gasteiger charge is -2.32. The van der Waals surface area contributed by atoms with Crippen LogP contribution in [0.4, 0.5) is 4.79 Å². The average molecular weight is 361 g/mol. The second kappa shape index (κ2) is 9.22. The van der Waals surface area contributed by atoms with Gasteiger partial charge in [-0.05, 0) is 36.5 Å². The van der Waals surface area contributed by atoms with Crippen molar-refractivity contribution in [1.82, 2.24) is 15.5 Å². The summed E-state index contributed by atoms with van der Waals surface area (Å²) in [5, 5.41) is 14.6. The molecule has 0 aliphatic carbocycles. The molecule has 0 aromatic heterocycles. The molecular formula is C19H27N3O4. The van der Waals surface area contributed by atoms with Gasteiger partial charge in [-0.15, -0.1) is 0 Å². The lowest BCUT2D eigenvalue weighted by Crippen LogP contribution is -2.49. The number of urea groups is 1. The molecule has 3 amide bonds. The number of carbonyl (C=O) groups is 3. The Morgan fingerprint density at radius 1 is 1.15 bits per heavy atom. The summed E-state index contributed by atoms with van der Waals surface area (Å²) >= 11 is 0. The Kier molecular flexibility index (Phi) is 7.00. The van der Waals surface area contributed by atoms with Crippen LogP contribution < -0.4 is 10.6 Å². The normalized spacial score (nSPS) is 15.0. The van der Waals surface area contributed by atoms with Crippen LogP contribution in [0.1, 0.15) is 49.0 Å². The number of hydrogen-bond donors (Lipinski definition) is 3. The molecule has 0 bridgehead atoms. The summed E-state index contributed by atoms with van der Waals surface area (Å²) in [6.45, 7) is 5.75. The molecular weight excluding hydrogens is 334 g/mol. The molecule has 7 heteroatoms. The van der Waals surface area contributed by atoms with Gasteiger partial charge < -0.3 is 20.6 Å². The largest absolute Gasteiger partial charge is 0.478 e. The number of benzene rings is 1. The average Bonchev–Trinajstić information content (AvgIpc) is 2.60. The summed E-state index contributed by atoms with van der Waals surface area (Å²) in [5.41, 5.74) is 1.05. The highest BCUT2D eigenvalue weighted by molar-refractivity contribution is 5.87. The van der Waals surface area contributed by atoms with Gasteiger partial charge in [-0.1, -0.05) is 26.0 Å². The first-order valence-corrected chi connectivity index (χ1v) is 8.99. The molecule has 1 aromatic rings. The Morgan fingerprint density at radius 3 is 2.31 bits per heavy atom. The van der Waals surface area contributed by atoms with Gasteiger partial charge in [0.15, 0.2) is 0 Å². The van der Waals surface area contributed by atoms with Crippen LogP contribution >= 0.6 is 0 Å². The maximum Gasteiger partial charge on any atom is 0.335 e. The predicted molar refractivity (Wildman–Crippen MR) is 97.8 cm³/mol. The molecule has 0 atom stereocenters. The minimum absolute atomic E-state index is 0.0625. The summed E-state index contributed by atoms with van der Waals surface area (Å²) in [6.07, 6.45) is 2.08. The third-order valence-electron chi connectivity index (χ3n) is 4.42. The maximum absolute atomic E-state index is 12.1. The number of carboxylic acids is 1. The van der Waals surface area contributed by atoms with E-state index in [0.29, 0.717) is 32.0 Å². The van der Waals surface area contributed by atoms with E-state index < -0.39 is 5.97 Å². The number of likely N-dealkylation sites (tertiary alicyclic amines) is 1. The predicted octanol–water partition coefficient (Wildman–Crippen LogP) is 2.22. The minimum atomic E-state index is -0.972. The number of amides is 3. The van der Waals surface area contributed by atoms with Crippen molar-refractivity contribution >= 4 is 17.9 Å². The number of hydrogen-bond acceptors (Lipinski definition) is 3. The first-order valence-electron chi connectivity index (χ1n) is 8.99. The number of piperidine rings is 1. The maximum atomic E-state index is 12.1. The quantitative estimate of drug-likeness (QED) is 0.723. The molecule has 0 radical (unpaired) electrons. The lowest BCUT2D eigenvalue weighted by atomic mass is 10.0. The van der Waals surface area contributed by atoms with Crippen LogP contribution in [0.2, 0.25) is 0 Å². The highest BCUT2D eigenvalue weighted by Gasteiger charge is 2.24. The molecule has 1 aliphatic rings. The molecule has 1 heterocycles. The number of nitrogens with one attached hydrogen (secondary N) is 2. The smallest absolute Gasteiger partial charge is 0.335 e. The van der Waals surface area contributed by atoms with E-state index in [2.05, 4.69) is 10.6 Å². The van der Waals surface area contributed by atoms with Crippen molar-refractivity contribution in [1.29, 1.82) is 0 Å². The van der Waals surface area contributed by atoms with Crippen LogP contribution in [-0.2, 0) is 11.3 Å². The summed E-state index contributed by atoms with van der Waals surface area (Å²) < 4.78 is 0. The highest BCUT2D eigenvalue weighted by Crippen LogP contribution is 2.13. The molecule has 3 N–H and O–H groups in total. The summed E-state index contributed by atoms with van der Waals surface area (Å²) in [4.78, 5) is 36.8. The molecule has 0 saturated carbocycles. The van der Waals surface area contributed by atoms with Crippen LogP contribution in [-0.4, -0.2) is 47.0 Å². The van der Waals surface area contributed by atoms with E-state index in [9.17, 15) is 14.4 Å². The monoisotopic (exact) mass is 361 g/mol. The van der Waals surface area contributed by atoms with E-state index in [1.54, 1.807) is 12.1 Å². The Labute approximate surface area is 153 Å². The van der Waals surface area contributed by atoms with Gasteiger partial charge in [-0.3, -0.25) is 4.79 Å². The van der Waals surface area contributed by atoms with Gasteiger partial charge in [0.1, 0.15) is 0 Å². The van der Waals surface area contributed by atoms with Gasteiger partial charge in [-0.2, -0.15) is 0 Å². The molecule has 0 unspecified atom stereocenters. The number of aromatic carboxylic acids is 1. The molecule has 1 saturated heterocycles. The SMILES string of the molecule is CC(C)CC(=O)N1CCC(NC(=O)NCc2ccc(C(=O)O)cc2)CC1. The Hall–Kier alpha value is -2.57. The van der Waals surface area contributed by atoms with Crippen molar-refractivity contribution in [2.24, 2.45) is 5.92 Å². The molecule has 1 aliphatic heterocycles. The summed E-state index contributed by atoms with van der Waals surface area (Å²) in [7, 11) is 0. The van der Waals surface area contributed by atoms with Crippen molar-refractivity contribution in [2.75, 3.05) is 13.1 Å². The standard InChI is InChI=1S/C19H27N3O4/c1-13(2)11-17(23)22-9-7-16(8-10-22)21-19(26)20-12-14-3-5-15(6-4-14)18(24)25/h3-6,13,16H,7-12H2,1-2H3,(H,24,25)(H2,20,21,26). The van der Waals surface area contributed by atoms with Gasteiger partial charge in [0.05, 0.1) is 5.56 Å². The van der Waals surface area contributed by atoms with Gasteiger partial charge in [0.25, 0.3) is 0 Å². The lowest BCUT2D eigenvalue weighted by molar-refractivity contribution is -0.133. The number of carbonyl (C=O) groups excluding carboxylic acids is 2. The summed E-state index contributed by atoms with van der Waals surface area (Å²) in [5.74, 6) is -0.429. The van der Waals surface area contributed by atoms with E-state index >= 15 is 0 Å². The molecule has 7 nitrogen and oxygen atoms in total. The first-order chi connectivity index (χ1) is 12.3. The Morgan fingerprint density at radius 2 is 1.77 bits per heavy atom. The van der Waals surface area contributed by atoms with Crippen molar-refractivity contribution in [3.8, 4) is 0 Å². The highest BCUT2D eigenvalue weighted by atomic mass is 16.4. The number of nitrogens with zero attached hydrogens (tertiary/aromatic N) is 1. The zero-order valence-corrected chi connectivity index (χ0v) is 15.3. The van der Waals surface area contributed by atoms with Crippen LogP contribution in [0.15, 0.2) is 24.3 Å². The van der Waals surface area contributed by atoms with E-state index in [0.717, 1.165) is 18.4 Å². The van der Waals surface area contributed by atoms with Crippen LogP contribution in [0.3, 0.4) is 0 Å². The Bertz CT molecular complexity index is 635. The third-order valence-corrected chi connectivity index (χ3v) is 4.42. The third kappa shape index (κ3) is 6.06. The fraction of sp³-hybridized carbons (Fsp3) is 0.526. The van der Waals surface area contributed by atoms with Gasteiger partial charge in [0, 0.05) is 32.1 Å². The number of carboxylic acid groups (broad SMARTS) is 1. The molecule has 2 rings (SSSR count). The van der Waals surface area contributed by atoms with Crippen molar-refractivity contribution in [2.45, 2.75) is 45.7 Å². The van der Waals surface area contributed by atoms with Gasteiger partial charge >= 0.3 is 12.0 Å². The first kappa shape index (κ1) is 19.8. The topological polar surface area (TPSA) is 98.7 Å². The fourth-order valence-corrected chi connectivity index (χ4v) is 2.94.